The number of fused-ring (bicyclic) bond motifs is 4. The number of carbonyl (C=O) groups excluding carboxylic acids is 1. The van der Waals surface area contributed by atoms with Gasteiger partial charge in [0.15, 0.2) is 5.76 Å². The highest BCUT2D eigenvalue weighted by Crippen LogP contribution is 2.33. The molecule has 0 N–H and O–H groups in total. The van der Waals surface area contributed by atoms with Gasteiger partial charge >= 0.3 is 6.18 Å². The Morgan fingerprint density at radius 2 is 1.78 bits per heavy atom. The minimum atomic E-state index is -4.42. The van der Waals surface area contributed by atoms with Crippen LogP contribution < -0.4 is 0 Å². The topological polar surface area (TPSA) is 36.7 Å². The fourth-order valence-corrected chi connectivity index (χ4v) is 3.75. The van der Waals surface area contributed by atoms with Crippen LogP contribution in [0.1, 0.15) is 29.0 Å². The van der Waals surface area contributed by atoms with Gasteiger partial charge in [0.05, 0.1) is 5.56 Å². The van der Waals surface area contributed by atoms with Gasteiger partial charge in [0.1, 0.15) is 5.76 Å². The third-order valence-electron chi connectivity index (χ3n) is 5.21. The van der Waals surface area contributed by atoms with Gasteiger partial charge in [-0.3, -0.25) is 4.79 Å². The molecule has 0 aliphatic carbocycles. The number of nitrogens with zero attached hydrogens (tertiary/aromatic N) is 2. The zero-order valence-corrected chi connectivity index (χ0v) is 15.4. The Kier molecular flexibility index (Phi) is 5.53. The largest absolute Gasteiger partial charge is 0.451 e. The molecule has 1 amide bonds. The first-order valence-corrected chi connectivity index (χ1v) is 8.72. The summed E-state index contributed by atoms with van der Waals surface area (Å²) < 4.78 is 44.3. The molecule has 0 unspecified atom stereocenters. The molecule has 3 saturated heterocycles. The zero-order chi connectivity index (χ0) is 18.3. The molecule has 0 atom stereocenters. The monoisotopic (exact) mass is 400 g/mol. The standard InChI is InChI=1S/C19H19F3N2O2.ClH/c20-19(21,22)14-3-1-2-13(12-14)16-4-5-17(26-16)18(25)24-11-10-23-8-6-15(24)7-9-23;/h1-5,12,15H,6-11H2;1H. The van der Waals surface area contributed by atoms with Crippen LogP contribution in [0.3, 0.4) is 0 Å². The van der Waals surface area contributed by atoms with E-state index in [0.29, 0.717) is 12.1 Å². The van der Waals surface area contributed by atoms with E-state index in [0.717, 1.165) is 44.6 Å². The lowest BCUT2D eigenvalue weighted by Gasteiger charge is -2.30. The summed E-state index contributed by atoms with van der Waals surface area (Å²) in [5.74, 6) is 0.261. The lowest BCUT2D eigenvalue weighted by atomic mass is 10.1. The number of alkyl halides is 3. The number of benzene rings is 1. The Hall–Kier alpha value is -1.99. The van der Waals surface area contributed by atoms with Crippen molar-refractivity contribution in [3.8, 4) is 11.3 Å². The molecule has 3 aliphatic rings. The number of halogens is 4. The molecule has 2 aromatic rings. The average molecular weight is 401 g/mol. The summed E-state index contributed by atoms with van der Waals surface area (Å²) in [5, 5.41) is 0. The molecular weight excluding hydrogens is 381 g/mol. The first-order valence-electron chi connectivity index (χ1n) is 8.72. The van der Waals surface area contributed by atoms with E-state index in [4.69, 9.17) is 4.42 Å². The molecule has 4 heterocycles. The van der Waals surface area contributed by atoms with E-state index in [1.54, 1.807) is 18.2 Å². The Labute approximate surface area is 161 Å². The quantitative estimate of drug-likeness (QED) is 0.753. The summed E-state index contributed by atoms with van der Waals surface area (Å²) in [6.07, 6.45) is -2.51. The van der Waals surface area contributed by atoms with Gasteiger partial charge < -0.3 is 14.2 Å². The Bertz CT molecular complexity index is 813. The molecule has 4 nitrogen and oxygen atoms in total. The number of carbonyl (C=O) groups is 1. The minimum Gasteiger partial charge on any atom is -0.451 e. The molecule has 1 aromatic heterocycles. The van der Waals surface area contributed by atoms with Crippen LogP contribution in [0.15, 0.2) is 40.8 Å². The lowest BCUT2D eigenvalue weighted by Crippen LogP contribution is -2.41. The molecule has 1 aromatic carbocycles. The molecule has 0 radical (unpaired) electrons. The van der Waals surface area contributed by atoms with E-state index < -0.39 is 11.7 Å². The van der Waals surface area contributed by atoms with Crippen LogP contribution >= 0.6 is 12.4 Å². The summed E-state index contributed by atoms with van der Waals surface area (Å²) in [4.78, 5) is 17.0. The van der Waals surface area contributed by atoms with Crippen molar-refractivity contribution < 1.29 is 22.4 Å². The number of hydrogen-bond acceptors (Lipinski definition) is 3. The smallest absolute Gasteiger partial charge is 0.416 e. The van der Waals surface area contributed by atoms with Crippen molar-refractivity contribution in [1.29, 1.82) is 0 Å². The average Bonchev–Trinajstić information content (AvgIpc) is 2.94. The lowest BCUT2D eigenvalue weighted by molar-refractivity contribution is -0.137. The molecule has 146 valence electrons. The maximum atomic E-state index is 12.9. The van der Waals surface area contributed by atoms with Gasteiger partial charge in [-0.1, -0.05) is 12.1 Å². The second-order valence-corrected chi connectivity index (χ2v) is 6.81. The van der Waals surface area contributed by atoms with E-state index in [1.807, 2.05) is 4.90 Å². The Morgan fingerprint density at radius 1 is 1.04 bits per heavy atom. The van der Waals surface area contributed by atoms with Crippen molar-refractivity contribution in [2.75, 3.05) is 26.2 Å². The molecule has 2 bridgehead atoms. The Balaban J connectivity index is 0.00000210. The number of hydrogen-bond donors (Lipinski definition) is 0. The normalized spacial score (nSPS) is 22.3. The number of piperidine rings is 1. The number of rotatable bonds is 2. The molecular formula is C19H20ClF3N2O2. The van der Waals surface area contributed by atoms with E-state index >= 15 is 0 Å². The summed E-state index contributed by atoms with van der Waals surface area (Å²) in [6.45, 7) is 3.51. The first kappa shape index (κ1) is 19.8. The van der Waals surface area contributed by atoms with Crippen LogP contribution in [0.5, 0.6) is 0 Å². The van der Waals surface area contributed by atoms with E-state index in [1.165, 1.54) is 6.07 Å². The second kappa shape index (κ2) is 7.56. The molecule has 27 heavy (non-hydrogen) atoms. The van der Waals surface area contributed by atoms with E-state index in [9.17, 15) is 18.0 Å². The van der Waals surface area contributed by atoms with Gasteiger partial charge in [0.2, 0.25) is 0 Å². The zero-order valence-electron chi connectivity index (χ0n) is 14.5. The summed E-state index contributed by atoms with van der Waals surface area (Å²) in [5.41, 5.74) is -0.431. The van der Waals surface area contributed by atoms with Crippen LogP contribution in [0.4, 0.5) is 13.2 Å². The van der Waals surface area contributed by atoms with Crippen molar-refractivity contribution in [3.63, 3.8) is 0 Å². The maximum Gasteiger partial charge on any atom is 0.416 e. The molecule has 5 rings (SSSR count). The number of amides is 1. The first-order chi connectivity index (χ1) is 12.4. The van der Waals surface area contributed by atoms with E-state index in [2.05, 4.69) is 4.90 Å². The van der Waals surface area contributed by atoms with Crippen molar-refractivity contribution in [1.82, 2.24) is 9.80 Å². The third kappa shape index (κ3) is 3.99. The van der Waals surface area contributed by atoms with Crippen LogP contribution in [0, 0.1) is 0 Å². The van der Waals surface area contributed by atoms with Gasteiger partial charge in [-0.05, 0) is 37.1 Å². The Morgan fingerprint density at radius 3 is 2.48 bits per heavy atom. The van der Waals surface area contributed by atoms with Gasteiger partial charge in [-0.15, -0.1) is 12.4 Å². The molecule has 8 heteroatoms. The van der Waals surface area contributed by atoms with Gasteiger partial charge in [0, 0.05) is 37.8 Å². The highest BCUT2D eigenvalue weighted by Gasteiger charge is 2.34. The molecule has 3 aliphatic heterocycles. The fraction of sp³-hybridized carbons (Fsp3) is 0.421. The molecule has 3 fully saturated rings. The summed E-state index contributed by atoms with van der Waals surface area (Å²) in [6, 6.07) is 8.25. The highest BCUT2D eigenvalue weighted by atomic mass is 35.5. The van der Waals surface area contributed by atoms with Crippen LogP contribution in [0.2, 0.25) is 0 Å². The summed E-state index contributed by atoms with van der Waals surface area (Å²) >= 11 is 0. The van der Waals surface area contributed by atoms with Gasteiger partial charge in [-0.25, -0.2) is 0 Å². The van der Waals surface area contributed by atoms with Crippen LogP contribution in [-0.4, -0.2) is 47.9 Å². The van der Waals surface area contributed by atoms with Crippen LogP contribution in [0.25, 0.3) is 11.3 Å². The van der Waals surface area contributed by atoms with Gasteiger partial charge in [-0.2, -0.15) is 13.2 Å². The predicted molar refractivity (Wildman–Crippen MR) is 96.9 cm³/mol. The van der Waals surface area contributed by atoms with Crippen LogP contribution in [-0.2, 0) is 6.18 Å². The van der Waals surface area contributed by atoms with Crippen molar-refractivity contribution >= 4 is 18.3 Å². The third-order valence-corrected chi connectivity index (χ3v) is 5.21. The fourth-order valence-electron chi connectivity index (χ4n) is 3.75. The van der Waals surface area contributed by atoms with E-state index in [-0.39, 0.29) is 35.9 Å². The highest BCUT2D eigenvalue weighted by molar-refractivity contribution is 5.92. The molecule has 0 spiro atoms. The predicted octanol–water partition coefficient (Wildman–Crippen LogP) is 4.31. The van der Waals surface area contributed by atoms with Crippen molar-refractivity contribution in [3.05, 3.63) is 47.7 Å². The number of furan rings is 1. The van der Waals surface area contributed by atoms with Crippen molar-refractivity contribution in [2.45, 2.75) is 25.1 Å². The van der Waals surface area contributed by atoms with Gasteiger partial charge in [0.25, 0.3) is 5.91 Å². The minimum absolute atomic E-state index is 0. The maximum absolute atomic E-state index is 12.9. The van der Waals surface area contributed by atoms with Crippen molar-refractivity contribution in [2.24, 2.45) is 0 Å². The molecule has 0 saturated carbocycles. The second-order valence-electron chi connectivity index (χ2n) is 6.81. The summed E-state index contributed by atoms with van der Waals surface area (Å²) in [7, 11) is 0. The SMILES string of the molecule is Cl.O=C(c1ccc(-c2cccc(C(F)(F)F)c2)o1)N1CCN2CCC1CC2.